The van der Waals surface area contributed by atoms with Crippen LogP contribution in [-0.4, -0.2) is 46.5 Å². The molecule has 0 radical (unpaired) electrons. The number of fused-ring (bicyclic) bond motifs is 1. The van der Waals surface area contributed by atoms with Gasteiger partial charge in [0, 0.05) is 29.8 Å². The van der Waals surface area contributed by atoms with Gasteiger partial charge in [-0.1, -0.05) is 6.07 Å². The molecule has 1 fully saturated rings. The Morgan fingerprint density at radius 1 is 1.14 bits per heavy atom. The molecule has 2 aliphatic heterocycles. The van der Waals surface area contributed by atoms with Crippen LogP contribution in [0, 0.1) is 0 Å². The summed E-state index contributed by atoms with van der Waals surface area (Å²) < 4.78 is 62.7. The maximum Gasteiger partial charge on any atom is 0.453 e. The summed E-state index contributed by atoms with van der Waals surface area (Å²) in [6.07, 6.45) is -6.91. The summed E-state index contributed by atoms with van der Waals surface area (Å²) in [5, 5.41) is 2.20. The molecule has 158 valence electrons. The van der Waals surface area contributed by atoms with Crippen LogP contribution >= 0.6 is 11.8 Å². The lowest BCUT2D eigenvalue weighted by Crippen LogP contribution is -2.52. The van der Waals surface area contributed by atoms with E-state index in [9.17, 15) is 36.3 Å². The predicted molar refractivity (Wildman–Crippen MR) is 93.4 cm³/mol. The van der Waals surface area contributed by atoms with E-state index in [2.05, 4.69) is 5.32 Å². The summed E-state index contributed by atoms with van der Waals surface area (Å²) in [6, 6.07) is 4.05. The van der Waals surface area contributed by atoms with Crippen molar-refractivity contribution >= 4 is 29.5 Å². The standard InChI is InChI=1S/C18H17F5N2O3S/c19-17(20,18(21,22)23)7-2-8-29-13-4-1-3-10-11(13)9-25(16(10)28)12-5-6-14(26)24-15(12)27/h1,3-4,12H,2,5-9H2,(H,24,26,27). The first-order chi connectivity index (χ1) is 13.5. The third kappa shape index (κ3) is 4.39. The van der Waals surface area contributed by atoms with Gasteiger partial charge in [-0.25, -0.2) is 0 Å². The molecule has 1 aromatic carbocycles. The Kier molecular flexibility index (Phi) is 5.88. The molecule has 5 nitrogen and oxygen atoms in total. The van der Waals surface area contributed by atoms with Gasteiger partial charge in [0.05, 0.1) is 0 Å². The predicted octanol–water partition coefficient (Wildman–Crippen LogP) is 3.52. The lowest BCUT2D eigenvalue weighted by molar-refractivity contribution is -0.284. The maximum atomic E-state index is 13.0. The van der Waals surface area contributed by atoms with Crippen LogP contribution in [0.3, 0.4) is 0 Å². The molecule has 0 spiro atoms. The van der Waals surface area contributed by atoms with Crippen molar-refractivity contribution in [1.82, 2.24) is 10.2 Å². The van der Waals surface area contributed by atoms with Gasteiger partial charge in [-0.2, -0.15) is 22.0 Å². The SMILES string of the molecule is O=C1CCC(N2Cc3c(SCCCC(F)(F)C(F)(F)F)cccc3C2=O)C(=O)N1. The Hall–Kier alpha value is -2.17. The van der Waals surface area contributed by atoms with Gasteiger partial charge in [0.15, 0.2) is 0 Å². The quantitative estimate of drug-likeness (QED) is 0.321. The highest BCUT2D eigenvalue weighted by Gasteiger charge is 2.56. The number of rotatable bonds is 6. The summed E-state index contributed by atoms with van der Waals surface area (Å²) in [4.78, 5) is 38.0. The minimum atomic E-state index is -5.57. The number of carbonyl (C=O) groups is 3. The molecule has 29 heavy (non-hydrogen) atoms. The van der Waals surface area contributed by atoms with Crippen LogP contribution in [0.4, 0.5) is 22.0 Å². The minimum Gasteiger partial charge on any atom is -0.322 e. The average Bonchev–Trinajstić information content (AvgIpc) is 2.95. The number of carbonyl (C=O) groups excluding carboxylic acids is 3. The third-order valence-electron chi connectivity index (χ3n) is 4.85. The van der Waals surface area contributed by atoms with Crippen LogP contribution < -0.4 is 5.32 Å². The molecule has 1 saturated heterocycles. The fourth-order valence-corrected chi connectivity index (χ4v) is 4.34. The molecule has 2 aliphatic rings. The van der Waals surface area contributed by atoms with E-state index in [4.69, 9.17) is 0 Å². The van der Waals surface area contributed by atoms with E-state index in [-0.39, 0.29) is 37.5 Å². The topological polar surface area (TPSA) is 66.5 Å². The van der Waals surface area contributed by atoms with Crippen molar-refractivity contribution in [1.29, 1.82) is 0 Å². The second kappa shape index (κ2) is 7.92. The zero-order valence-corrected chi connectivity index (χ0v) is 15.8. The number of benzene rings is 1. The van der Waals surface area contributed by atoms with Crippen LogP contribution in [0.25, 0.3) is 0 Å². The number of thioether (sulfide) groups is 1. The first-order valence-corrected chi connectivity index (χ1v) is 9.84. The summed E-state index contributed by atoms with van der Waals surface area (Å²) in [5.74, 6) is -6.03. The van der Waals surface area contributed by atoms with Crippen molar-refractivity contribution in [2.24, 2.45) is 0 Å². The summed E-state index contributed by atoms with van der Waals surface area (Å²) in [6.45, 7) is 0.113. The minimum absolute atomic E-state index is 0.0225. The highest BCUT2D eigenvalue weighted by Crippen LogP contribution is 2.40. The number of alkyl halides is 5. The average molecular weight is 436 g/mol. The van der Waals surface area contributed by atoms with E-state index in [0.717, 1.165) is 11.8 Å². The van der Waals surface area contributed by atoms with Crippen LogP contribution in [0.5, 0.6) is 0 Å². The third-order valence-corrected chi connectivity index (χ3v) is 6.03. The van der Waals surface area contributed by atoms with Crippen LogP contribution in [-0.2, 0) is 16.1 Å². The molecule has 3 rings (SSSR count). The Balaban J connectivity index is 1.65. The van der Waals surface area contributed by atoms with Crippen molar-refractivity contribution in [3.8, 4) is 0 Å². The molecule has 1 atom stereocenters. The van der Waals surface area contributed by atoms with Gasteiger partial charge in [0.2, 0.25) is 11.8 Å². The van der Waals surface area contributed by atoms with Gasteiger partial charge in [-0.05, 0) is 36.3 Å². The molecule has 0 aromatic heterocycles. The van der Waals surface area contributed by atoms with E-state index in [1.165, 1.54) is 4.90 Å². The summed E-state index contributed by atoms with van der Waals surface area (Å²) >= 11 is 1.09. The van der Waals surface area contributed by atoms with E-state index in [1.54, 1.807) is 18.2 Å². The number of halogens is 5. The number of piperidine rings is 1. The maximum absolute atomic E-state index is 13.0. The van der Waals surface area contributed by atoms with Gasteiger partial charge in [0.25, 0.3) is 5.91 Å². The van der Waals surface area contributed by atoms with Crippen molar-refractivity contribution in [2.45, 2.75) is 55.3 Å². The van der Waals surface area contributed by atoms with Gasteiger partial charge in [-0.15, -0.1) is 11.8 Å². The Labute approximate surface area is 167 Å². The molecule has 11 heteroatoms. The van der Waals surface area contributed by atoms with Crippen LogP contribution in [0.15, 0.2) is 23.1 Å². The number of nitrogens with one attached hydrogen (secondary N) is 1. The second-order valence-corrected chi connectivity index (χ2v) is 7.97. The fraction of sp³-hybridized carbons (Fsp3) is 0.500. The summed E-state index contributed by atoms with van der Waals surface area (Å²) in [7, 11) is 0. The van der Waals surface area contributed by atoms with Crippen molar-refractivity contribution in [2.75, 3.05) is 5.75 Å². The lowest BCUT2D eigenvalue weighted by atomic mass is 10.0. The highest BCUT2D eigenvalue weighted by molar-refractivity contribution is 7.99. The van der Waals surface area contributed by atoms with E-state index < -0.39 is 36.4 Å². The van der Waals surface area contributed by atoms with Gasteiger partial charge in [-0.3, -0.25) is 19.7 Å². The molecular formula is C18H17F5N2O3S. The number of amides is 3. The zero-order valence-electron chi connectivity index (χ0n) is 15.0. The molecule has 1 aromatic rings. The Morgan fingerprint density at radius 3 is 2.52 bits per heavy atom. The monoisotopic (exact) mass is 436 g/mol. The Bertz CT molecular complexity index is 843. The molecular weight excluding hydrogens is 419 g/mol. The molecule has 2 heterocycles. The smallest absolute Gasteiger partial charge is 0.322 e. The second-order valence-electron chi connectivity index (χ2n) is 6.84. The summed E-state index contributed by atoms with van der Waals surface area (Å²) in [5.41, 5.74) is 0.968. The number of imide groups is 1. The number of hydrogen-bond donors (Lipinski definition) is 1. The number of nitrogens with zero attached hydrogens (tertiary/aromatic N) is 1. The van der Waals surface area contributed by atoms with Gasteiger partial charge >= 0.3 is 12.1 Å². The normalized spacial score (nSPS) is 20.1. The van der Waals surface area contributed by atoms with Crippen LogP contribution in [0.2, 0.25) is 0 Å². The molecule has 0 aliphatic carbocycles. The van der Waals surface area contributed by atoms with Gasteiger partial charge in [0.1, 0.15) is 6.04 Å². The molecule has 3 amide bonds. The zero-order chi connectivity index (χ0) is 21.4. The van der Waals surface area contributed by atoms with Crippen molar-refractivity contribution in [3.05, 3.63) is 29.3 Å². The van der Waals surface area contributed by atoms with Gasteiger partial charge < -0.3 is 4.90 Å². The van der Waals surface area contributed by atoms with E-state index >= 15 is 0 Å². The van der Waals surface area contributed by atoms with Crippen LogP contribution in [0.1, 0.15) is 41.6 Å². The first kappa shape index (κ1) is 21.5. The fourth-order valence-electron chi connectivity index (χ4n) is 3.31. The van der Waals surface area contributed by atoms with E-state index in [0.29, 0.717) is 16.0 Å². The highest BCUT2D eigenvalue weighted by atomic mass is 32.2. The number of hydrogen-bond acceptors (Lipinski definition) is 4. The molecule has 1 N–H and O–H groups in total. The van der Waals surface area contributed by atoms with E-state index in [1.807, 2.05) is 0 Å². The van der Waals surface area contributed by atoms with Crippen molar-refractivity contribution in [3.63, 3.8) is 0 Å². The molecule has 0 bridgehead atoms. The lowest BCUT2D eigenvalue weighted by Gasteiger charge is -2.29. The molecule has 0 saturated carbocycles. The largest absolute Gasteiger partial charge is 0.453 e. The first-order valence-electron chi connectivity index (χ1n) is 8.85. The Morgan fingerprint density at radius 2 is 1.86 bits per heavy atom. The molecule has 1 unspecified atom stereocenters. The van der Waals surface area contributed by atoms with Crippen molar-refractivity contribution < 1.29 is 36.3 Å².